The average Bonchev–Trinajstić information content (AvgIpc) is 3.20. The highest BCUT2D eigenvalue weighted by atomic mass is 16.5. The van der Waals surface area contributed by atoms with Crippen LogP contribution in [-0.4, -0.2) is 39.1 Å². The van der Waals surface area contributed by atoms with Crippen molar-refractivity contribution < 1.29 is 38.1 Å². The molecule has 0 saturated carbocycles. The van der Waals surface area contributed by atoms with Crippen molar-refractivity contribution >= 4 is 23.8 Å². The lowest BCUT2D eigenvalue weighted by atomic mass is 10.1. The van der Waals surface area contributed by atoms with Crippen LogP contribution in [0.2, 0.25) is 0 Å². The number of esters is 2. The van der Waals surface area contributed by atoms with E-state index in [1.54, 1.807) is 61.5 Å². The number of carbonyl (C=O) groups is 3. The van der Waals surface area contributed by atoms with Gasteiger partial charge in [0, 0.05) is 5.56 Å². The normalized spacial score (nSPS) is 13.1. The summed E-state index contributed by atoms with van der Waals surface area (Å²) in [6, 6.07) is 14.4. The van der Waals surface area contributed by atoms with Crippen LogP contribution in [0.4, 0.5) is 0 Å². The summed E-state index contributed by atoms with van der Waals surface area (Å²) in [5, 5.41) is 0. The molecule has 1 aliphatic heterocycles. The first-order chi connectivity index (χ1) is 16.9. The minimum atomic E-state index is -0.597. The zero-order valence-corrected chi connectivity index (χ0v) is 19.5. The van der Waals surface area contributed by atoms with Crippen LogP contribution in [0.15, 0.2) is 60.4 Å². The van der Waals surface area contributed by atoms with Crippen LogP contribution in [-0.2, 0) is 4.74 Å². The molecule has 0 fully saturated rings. The number of ketones is 1. The molecule has 0 bridgehead atoms. The number of Topliss-reactive ketones (excluding diaryl/α,β-unsaturated/α-hetero) is 1. The highest BCUT2D eigenvalue weighted by Gasteiger charge is 2.30. The number of rotatable bonds is 6. The Kier molecular flexibility index (Phi) is 6.55. The van der Waals surface area contributed by atoms with E-state index in [4.69, 9.17) is 23.7 Å². The summed E-state index contributed by atoms with van der Waals surface area (Å²) in [5.74, 6) is 0.260. The minimum absolute atomic E-state index is 0.122. The molecule has 8 heteroatoms. The largest absolute Gasteiger partial charge is 0.493 e. The third-order valence-electron chi connectivity index (χ3n) is 5.49. The molecule has 178 valence electrons. The Balaban J connectivity index is 1.56. The summed E-state index contributed by atoms with van der Waals surface area (Å²) in [5.41, 5.74) is 2.22. The van der Waals surface area contributed by atoms with Crippen molar-refractivity contribution in [2.75, 3.05) is 21.3 Å². The highest BCUT2D eigenvalue weighted by Crippen LogP contribution is 2.39. The molecule has 0 N–H and O–H groups in total. The number of fused-ring (bicyclic) bond motifs is 1. The third kappa shape index (κ3) is 4.59. The second-order valence-corrected chi connectivity index (χ2v) is 7.58. The molecule has 3 aromatic rings. The fourth-order valence-corrected chi connectivity index (χ4v) is 3.59. The van der Waals surface area contributed by atoms with Gasteiger partial charge in [-0.15, -0.1) is 0 Å². The molecule has 0 aliphatic carbocycles. The average molecular weight is 474 g/mol. The van der Waals surface area contributed by atoms with Gasteiger partial charge in [-0.1, -0.05) is 12.1 Å². The Bertz CT molecular complexity index is 1350. The smallest absolute Gasteiger partial charge is 0.343 e. The number of benzene rings is 3. The lowest BCUT2D eigenvalue weighted by Crippen LogP contribution is -2.10. The summed E-state index contributed by atoms with van der Waals surface area (Å²) in [6.07, 6.45) is 1.58. The zero-order valence-electron chi connectivity index (χ0n) is 19.5. The lowest BCUT2D eigenvalue weighted by Gasteiger charge is -2.12. The zero-order chi connectivity index (χ0) is 25.1. The number of ether oxygens (including phenoxy) is 5. The van der Waals surface area contributed by atoms with Crippen molar-refractivity contribution in [1.82, 2.24) is 0 Å². The van der Waals surface area contributed by atoms with Crippen LogP contribution in [0.25, 0.3) is 6.08 Å². The maximum absolute atomic E-state index is 12.9. The van der Waals surface area contributed by atoms with Crippen LogP contribution in [0.1, 0.15) is 42.2 Å². The number of methoxy groups -OCH3 is 3. The molecule has 0 atom stereocenters. The van der Waals surface area contributed by atoms with Gasteiger partial charge in [-0.2, -0.15) is 0 Å². The molecule has 0 spiro atoms. The Hall–Kier alpha value is -4.59. The Morgan fingerprint density at radius 3 is 2.11 bits per heavy atom. The second-order valence-electron chi connectivity index (χ2n) is 7.58. The molecule has 0 amide bonds. The number of hydrogen-bond donors (Lipinski definition) is 0. The van der Waals surface area contributed by atoms with Gasteiger partial charge < -0.3 is 23.7 Å². The van der Waals surface area contributed by atoms with Crippen molar-refractivity contribution in [3.63, 3.8) is 0 Å². The predicted molar refractivity (Wildman–Crippen MR) is 126 cm³/mol. The molecule has 0 aromatic heterocycles. The quantitative estimate of drug-likeness (QED) is 0.290. The molecular weight excluding hydrogens is 452 g/mol. The van der Waals surface area contributed by atoms with Gasteiger partial charge in [0.2, 0.25) is 5.78 Å². The van der Waals surface area contributed by atoms with E-state index in [0.717, 1.165) is 0 Å². The van der Waals surface area contributed by atoms with E-state index in [2.05, 4.69) is 0 Å². The Morgan fingerprint density at radius 2 is 1.46 bits per heavy atom. The molecular formula is C27H22O8. The standard InChI is InChI=1S/C27H22O8/c1-15-20(35-27(30)18-9-11-21(31-2)22(14-18)32-3)12-10-19-24(28)23(34-25(15)19)13-16-5-7-17(8-6-16)26(29)33-4/h5-14H,1-4H3/b23-13-. The fourth-order valence-electron chi connectivity index (χ4n) is 3.59. The number of allylic oxidation sites excluding steroid dienone is 1. The monoisotopic (exact) mass is 474 g/mol. The third-order valence-corrected chi connectivity index (χ3v) is 5.49. The molecule has 4 rings (SSSR count). The van der Waals surface area contributed by atoms with Crippen molar-refractivity contribution in [3.05, 3.63) is 88.2 Å². The van der Waals surface area contributed by atoms with Gasteiger partial charge >= 0.3 is 11.9 Å². The van der Waals surface area contributed by atoms with E-state index < -0.39 is 11.9 Å². The van der Waals surface area contributed by atoms with Gasteiger partial charge in [0.25, 0.3) is 0 Å². The highest BCUT2D eigenvalue weighted by molar-refractivity contribution is 6.15. The number of hydrogen-bond acceptors (Lipinski definition) is 8. The minimum Gasteiger partial charge on any atom is -0.493 e. The number of carbonyl (C=O) groups excluding carboxylic acids is 3. The van der Waals surface area contributed by atoms with Crippen LogP contribution in [0.5, 0.6) is 23.0 Å². The maximum atomic E-state index is 12.9. The molecule has 1 aliphatic rings. The summed E-state index contributed by atoms with van der Waals surface area (Å²) < 4.78 is 26.5. The van der Waals surface area contributed by atoms with Crippen molar-refractivity contribution in [2.24, 2.45) is 0 Å². The van der Waals surface area contributed by atoms with Gasteiger partial charge in [0.15, 0.2) is 17.3 Å². The fraction of sp³-hybridized carbons (Fsp3) is 0.148. The van der Waals surface area contributed by atoms with Gasteiger partial charge in [-0.3, -0.25) is 4.79 Å². The summed E-state index contributed by atoms with van der Waals surface area (Å²) >= 11 is 0. The summed E-state index contributed by atoms with van der Waals surface area (Å²) in [4.78, 5) is 37.2. The van der Waals surface area contributed by atoms with E-state index in [1.807, 2.05) is 0 Å². The molecule has 3 aromatic carbocycles. The van der Waals surface area contributed by atoms with Crippen LogP contribution < -0.4 is 18.9 Å². The Labute approximate surface area is 201 Å². The van der Waals surface area contributed by atoms with E-state index in [0.29, 0.717) is 39.5 Å². The van der Waals surface area contributed by atoms with E-state index >= 15 is 0 Å². The topological polar surface area (TPSA) is 97.4 Å². The molecule has 35 heavy (non-hydrogen) atoms. The first-order valence-electron chi connectivity index (χ1n) is 10.6. The molecule has 1 heterocycles. The van der Waals surface area contributed by atoms with Crippen LogP contribution in [0.3, 0.4) is 0 Å². The van der Waals surface area contributed by atoms with Gasteiger partial charge in [-0.25, -0.2) is 9.59 Å². The molecule has 0 saturated heterocycles. The van der Waals surface area contributed by atoms with E-state index in [-0.39, 0.29) is 22.9 Å². The van der Waals surface area contributed by atoms with Crippen LogP contribution in [0, 0.1) is 6.92 Å². The molecule has 0 unspecified atom stereocenters. The van der Waals surface area contributed by atoms with Crippen LogP contribution >= 0.6 is 0 Å². The van der Waals surface area contributed by atoms with Crippen molar-refractivity contribution in [3.8, 4) is 23.0 Å². The summed E-state index contributed by atoms with van der Waals surface area (Å²) in [6.45, 7) is 1.71. The first kappa shape index (κ1) is 23.6. The van der Waals surface area contributed by atoms with Gasteiger partial charge in [0.1, 0.15) is 11.5 Å². The lowest BCUT2D eigenvalue weighted by molar-refractivity contribution is 0.0600. The van der Waals surface area contributed by atoms with Gasteiger partial charge in [0.05, 0.1) is 38.0 Å². The van der Waals surface area contributed by atoms with Crippen molar-refractivity contribution in [1.29, 1.82) is 0 Å². The predicted octanol–water partition coefficient (Wildman–Crippen LogP) is 4.63. The summed E-state index contributed by atoms with van der Waals surface area (Å²) in [7, 11) is 4.29. The second kappa shape index (κ2) is 9.72. The molecule has 8 nitrogen and oxygen atoms in total. The van der Waals surface area contributed by atoms with Crippen molar-refractivity contribution in [2.45, 2.75) is 6.92 Å². The SMILES string of the molecule is COC(=O)c1ccc(/C=C2\Oc3c(ccc(OC(=O)c4ccc(OC)c(OC)c4)c3C)C2=O)cc1. The van der Waals surface area contributed by atoms with Gasteiger partial charge in [-0.05, 0) is 61.0 Å². The Morgan fingerprint density at radius 1 is 0.800 bits per heavy atom. The maximum Gasteiger partial charge on any atom is 0.343 e. The molecule has 0 radical (unpaired) electrons. The van der Waals surface area contributed by atoms with E-state index in [9.17, 15) is 14.4 Å². The first-order valence-corrected chi connectivity index (χ1v) is 10.6. The van der Waals surface area contributed by atoms with E-state index in [1.165, 1.54) is 27.4 Å².